The molecule has 0 spiro atoms. The van der Waals surface area contributed by atoms with E-state index in [1.807, 2.05) is 0 Å². The Morgan fingerprint density at radius 1 is 1.63 bits per heavy atom. The molecule has 2 atom stereocenters. The van der Waals surface area contributed by atoms with Crippen LogP contribution in [0.5, 0.6) is 0 Å². The maximum atomic E-state index is 12.5. The molecule has 1 aromatic heterocycles. The Hall–Kier alpha value is -0.960. The summed E-state index contributed by atoms with van der Waals surface area (Å²) in [5.74, 6) is 0. The topological polar surface area (TPSA) is 59.9 Å². The fraction of sp³-hybridized carbons (Fsp3) is 0.800. The van der Waals surface area contributed by atoms with E-state index in [-0.39, 0.29) is 17.8 Å². The van der Waals surface area contributed by atoms with Gasteiger partial charge in [0.1, 0.15) is 5.25 Å². The number of alkyl halides is 3. The molecule has 0 aliphatic carbocycles. The molecule has 1 saturated heterocycles. The molecule has 1 fully saturated rings. The van der Waals surface area contributed by atoms with Crippen LogP contribution in [0.3, 0.4) is 0 Å². The highest BCUT2D eigenvalue weighted by molar-refractivity contribution is 7.99. The molecule has 0 amide bonds. The Bertz CT molecular complexity index is 479. The van der Waals surface area contributed by atoms with E-state index in [0.29, 0.717) is 18.4 Å². The maximum absolute atomic E-state index is 12.5. The SMILES string of the molecule is C[C@@H](Sc1n[nH]c(=O)n1C[C@H]1CCCO1)C(F)(F)F. The van der Waals surface area contributed by atoms with E-state index in [4.69, 9.17) is 4.74 Å². The molecule has 19 heavy (non-hydrogen) atoms. The van der Waals surface area contributed by atoms with E-state index in [2.05, 4.69) is 10.2 Å². The van der Waals surface area contributed by atoms with E-state index < -0.39 is 17.1 Å². The van der Waals surface area contributed by atoms with Crippen LogP contribution in [0.1, 0.15) is 19.8 Å². The third-order valence-electron chi connectivity index (χ3n) is 2.88. The van der Waals surface area contributed by atoms with Gasteiger partial charge in [-0.3, -0.25) is 4.57 Å². The van der Waals surface area contributed by atoms with Crippen LogP contribution in [0, 0.1) is 0 Å². The molecule has 2 rings (SSSR count). The molecule has 0 unspecified atom stereocenters. The van der Waals surface area contributed by atoms with Crippen LogP contribution in [-0.2, 0) is 11.3 Å². The van der Waals surface area contributed by atoms with Crippen molar-refractivity contribution >= 4 is 11.8 Å². The summed E-state index contributed by atoms with van der Waals surface area (Å²) in [5, 5.41) is 4.25. The first-order chi connectivity index (χ1) is 8.88. The average molecular weight is 297 g/mol. The lowest BCUT2D eigenvalue weighted by Gasteiger charge is -2.15. The standard InChI is InChI=1S/C10H14F3N3O2S/c1-6(10(11,12)13)19-9-15-14-8(17)16(9)5-7-3-2-4-18-7/h6-7H,2-5H2,1H3,(H,14,17)/t6-,7-/m1/s1. The minimum Gasteiger partial charge on any atom is -0.376 e. The molecule has 0 radical (unpaired) electrons. The quantitative estimate of drug-likeness (QED) is 0.861. The summed E-state index contributed by atoms with van der Waals surface area (Å²) in [7, 11) is 0. The highest BCUT2D eigenvalue weighted by Gasteiger charge is 2.38. The second-order valence-corrected chi connectivity index (χ2v) is 5.67. The van der Waals surface area contributed by atoms with Crippen molar-refractivity contribution < 1.29 is 17.9 Å². The summed E-state index contributed by atoms with van der Waals surface area (Å²) in [4.78, 5) is 11.6. The zero-order chi connectivity index (χ0) is 14.0. The fourth-order valence-corrected chi connectivity index (χ4v) is 2.60. The molecule has 2 heterocycles. The highest BCUT2D eigenvalue weighted by Crippen LogP contribution is 2.33. The van der Waals surface area contributed by atoms with E-state index in [1.165, 1.54) is 4.57 Å². The molecule has 0 saturated carbocycles. The number of rotatable bonds is 4. The molecule has 1 N–H and O–H groups in total. The second kappa shape index (κ2) is 5.58. The van der Waals surface area contributed by atoms with E-state index in [0.717, 1.165) is 19.8 Å². The summed E-state index contributed by atoms with van der Waals surface area (Å²) < 4.78 is 44.1. The van der Waals surface area contributed by atoms with Crippen molar-refractivity contribution in [2.45, 2.75) is 49.0 Å². The molecule has 1 aliphatic heterocycles. The lowest BCUT2D eigenvalue weighted by Crippen LogP contribution is -2.27. The molecular weight excluding hydrogens is 283 g/mol. The van der Waals surface area contributed by atoms with Crippen molar-refractivity contribution in [3.63, 3.8) is 0 Å². The summed E-state index contributed by atoms with van der Waals surface area (Å²) >= 11 is 0.521. The number of hydrogen-bond donors (Lipinski definition) is 1. The third kappa shape index (κ3) is 3.53. The molecular formula is C10H14F3N3O2S. The van der Waals surface area contributed by atoms with Crippen molar-refractivity contribution in [2.75, 3.05) is 6.61 Å². The number of aromatic amines is 1. The summed E-state index contributed by atoms with van der Waals surface area (Å²) in [5.41, 5.74) is -0.507. The number of H-pyrrole nitrogens is 1. The van der Waals surface area contributed by atoms with Crippen LogP contribution in [0.2, 0.25) is 0 Å². The predicted molar refractivity (Wildman–Crippen MR) is 63.2 cm³/mol. The zero-order valence-corrected chi connectivity index (χ0v) is 11.1. The second-order valence-electron chi connectivity index (χ2n) is 4.36. The molecule has 108 valence electrons. The normalized spacial score (nSPS) is 21.8. The molecule has 0 aromatic carbocycles. The van der Waals surface area contributed by atoms with Crippen LogP contribution in [-0.4, -0.2) is 38.9 Å². The predicted octanol–water partition coefficient (Wildman–Crippen LogP) is 1.79. The fourth-order valence-electron chi connectivity index (χ4n) is 1.77. The van der Waals surface area contributed by atoms with Gasteiger partial charge < -0.3 is 4.74 Å². The number of halogens is 3. The lowest BCUT2D eigenvalue weighted by atomic mass is 10.2. The van der Waals surface area contributed by atoms with Crippen molar-refractivity contribution in [2.24, 2.45) is 0 Å². The molecule has 5 nitrogen and oxygen atoms in total. The van der Waals surface area contributed by atoms with Crippen molar-refractivity contribution in [3.05, 3.63) is 10.5 Å². The number of ether oxygens (including phenoxy) is 1. The minimum absolute atomic E-state index is 0.0466. The van der Waals surface area contributed by atoms with E-state index >= 15 is 0 Å². The Kier molecular flexibility index (Phi) is 4.24. The maximum Gasteiger partial charge on any atom is 0.400 e. The Morgan fingerprint density at radius 2 is 2.37 bits per heavy atom. The Morgan fingerprint density at radius 3 is 2.95 bits per heavy atom. The smallest absolute Gasteiger partial charge is 0.376 e. The van der Waals surface area contributed by atoms with Crippen molar-refractivity contribution in [3.8, 4) is 0 Å². The minimum atomic E-state index is -4.33. The van der Waals surface area contributed by atoms with Gasteiger partial charge in [0.05, 0.1) is 12.6 Å². The van der Waals surface area contributed by atoms with Crippen LogP contribution in [0.15, 0.2) is 9.95 Å². The molecule has 0 bridgehead atoms. The van der Waals surface area contributed by atoms with Gasteiger partial charge in [0.15, 0.2) is 5.16 Å². The van der Waals surface area contributed by atoms with Crippen molar-refractivity contribution in [1.82, 2.24) is 14.8 Å². The van der Waals surface area contributed by atoms with Crippen LogP contribution >= 0.6 is 11.8 Å². The Labute approximate surface area is 111 Å². The first kappa shape index (κ1) is 14.4. The summed E-state index contributed by atoms with van der Waals surface area (Å²) in [6, 6.07) is 0. The van der Waals surface area contributed by atoms with Crippen LogP contribution in [0.25, 0.3) is 0 Å². The monoisotopic (exact) mass is 297 g/mol. The van der Waals surface area contributed by atoms with Crippen LogP contribution in [0.4, 0.5) is 13.2 Å². The Balaban J connectivity index is 2.10. The molecule has 9 heteroatoms. The number of hydrogen-bond acceptors (Lipinski definition) is 4. The zero-order valence-electron chi connectivity index (χ0n) is 10.2. The number of aromatic nitrogens is 3. The van der Waals surface area contributed by atoms with Crippen LogP contribution < -0.4 is 5.69 Å². The third-order valence-corrected chi connectivity index (χ3v) is 4.02. The van der Waals surface area contributed by atoms with Gasteiger partial charge in [-0.15, -0.1) is 5.10 Å². The first-order valence-electron chi connectivity index (χ1n) is 5.88. The van der Waals surface area contributed by atoms with Gasteiger partial charge in [0.2, 0.25) is 0 Å². The van der Waals surface area contributed by atoms with Gasteiger partial charge in [0, 0.05) is 6.61 Å². The largest absolute Gasteiger partial charge is 0.400 e. The van der Waals surface area contributed by atoms with Crippen molar-refractivity contribution in [1.29, 1.82) is 0 Å². The summed E-state index contributed by atoms with van der Waals surface area (Å²) in [6.45, 7) is 1.90. The van der Waals surface area contributed by atoms with Gasteiger partial charge in [-0.2, -0.15) is 13.2 Å². The number of thioether (sulfide) groups is 1. The lowest BCUT2D eigenvalue weighted by molar-refractivity contribution is -0.125. The van der Waals surface area contributed by atoms with Gasteiger partial charge in [-0.05, 0) is 19.8 Å². The molecule has 1 aromatic rings. The highest BCUT2D eigenvalue weighted by atomic mass is 32.2. The number of nitrogens with zero attached hydrogens (tertiary/aromatic N) is 2. The van der Waals surface area contributed by atoms with E-state index in [9.17, 15) is 18.0 Å². The first-order valence-corrected chi connectivity index (χ1v) is 6.76. The molecule has 1 aliphatic rings. The van der Waals surface area contributed by atoms with Gasteiger partial charge in [0.25, 0.3) is 0 Å². The number of nitrogens with one attached hydrogen (secondary N) is 1. The summed E-state index contributed by atoms with van der Waals surface area (Å²) in [6.07, 6.45) is -2.75. The van der Waals surface area contributed by atoms with Gasteiger partial charge in [-0.1, -0.05) is 11.8 Å². The van der Waals surface area contributed by atoms with Gasteiger partial charge >= 0.3 is 11.9 Å². The average Bonchev–Trinajstić information content (AvgIpc) is 2.92. The van der Waals surface area contributed by atoms with E-state index in [1.54, 1.807) is 0 Å². The van der Waals surface area contributed by atoms with Gasteiger partial charge in [-0.25, -0.2) is 9.89 Å².